The fourth-order valence-electron chi connectivity index (χ4n) is 5.38. The molecule has 0 spiro atoms. The first kappa shape index (κ1) is 33.8. The molecule has 45 heavy (non-hydrogen) atoms. The van der Waals surface area contributed by atoms with Gasteiger partial charge in [-0.05, 0) is 58.0 Å². The molecule has 244 valence electrons. The zero-order valence-electron chi connectivity index (χ0n) is 27.1. The molecule has 0 aliphatic carbocycles. The van der Waals surface area contributed by atoms with Gasteiger partial charge in [-0.25, -0.2) is 4.79 Å². The largest absolute Gasteiger partial charge is 0.473 e. The van der Waals surface area contributed by atoms with Crippen LogP contribution in [0.4, 0.5) is 22.0 Å². The molecule has 3 heterocycles. The number of nitrogens with zero attached hydrogens (tertiary/aromatic N) is 4. The number of hydrogen-bond donors (Lipinski definition) is 3. The van der Waals surface area contributed by atoms with Gasteiger partial charge in [0.1, 0.15) is 30.0 Å². The van der Waals surface area contributed by atoms with Crippen molar-refractivity contribution in [3.05, 3.63) is 53.9 Å². The topological polar surface area (TPSA) is 175 Å². The lowest BCUT2D eigenvalue weighted by Crippen LogP contribution is -2.73. The summed E-state index contributed by atoms with van der Waals surface area (Å²) in [7, 11) is -1.94. The van der Waals surface area contributed by atoms with E-state index in [1.165, 1.54) is 6.07 Å². The Morgan fingerprint density at radius 1 is 0.933 bits per heavy atom. The van der Waals surface area contributed by atoms with E-state index in [2.05, 4.69) is 31.3 Å². The number of urea groups is 1. The fourth-order valence-corrected chi connectivity index (χ4v) is 6.33. The molecule has 14 nitrogen and oxygen atoms in total. The van der Waals surface area contributed by atoms with Gasteiger partial charge in [-0.2, -0.15) is 13.1 Å². The van der Waals surface area contributed by atoms with Gasteiger partial charge in [0.15, 0.2) is 11.5 Å². The lowest BCUT2D eigenvalue weighted by atomic mass is 9.78. The average molecular weight is 645 g/mol. The minimum Gasteiger partial charge on any atom is -0.473 e. The van der Waals surface area contributed by atoms with E-state index in [0.29, 0.717) is 35.8 Å². The van der Waals surface area contributed by atoms with E-state index in [4.69, 9.17) is 13.5 Å². The Hall–Kier alpha value is -4.08. The third kappa shape index (κ3) is 7.96. The van der Waals surface area contributed by atoms with Gasteiger partial charge in [0.2, 0.25) is 5.88 Å². The molecule has 1 saturated heterocycles. The van der Waals surface area contributed by atoms with Crippen LogP contribution in [-0.2, 0) is 19.8 Å². The number of hydroxylamine groups is 3. The van der Waals surface area contributed by atoms with Crippen LogP contribution in [0.2, 0.25) is 0 Å². The van der Waals surface area contributed by atoms with E-state index in [1.807, 2.05) is 48.5 Å². The molecule has 4 rings (SSSR count). The summed E-state index contributed by atoms with van der Waals surface area (Å²) in [6.45, 7) is 13.7. The zero-order valence-corrected chi connectivity index (χ0v) is 27.9. The first-order chi connectivity index (χ1) is 20.7. The van der Waals surface area contributed by atoms with Crippen LogP contribution in [0.25, 0.3) is 0 Å². The molecule has 1 aromatic carbocycles. The lowest BCUT2D eigenvalue weighted by molar-refractivity contribution is -1.14. The van der Waals surface area contributed by atoms with Crippen molar-refractivity contribution in [2.45, 2.75) is 83.9 Å². The molecule has 1 fully saturated rings. The van der Waals surface area contributed by atoms with E-state index < -0.39 is 33.1 Å². The number of piperidine rings is 1. The third-order valence-electron chi connectivity index (χ3n) is 8.10. The van der Waals surface area contributed by atoms with E-state index in [-0.39, 0.29) is 27.7 Å². The summed E-state index contributed by atoms with van der Waals surface area (Å²) in [5.74, 6) is 0.719. The van der Waals surface area contributed by atoms with Crippen molar-refractivity contribution in [3.63, 3.8) is 0 Å². The molecule has 3 aromatic rings. The van der Waals surface area contributed by atoms with Crippen molar-refractivity contribution in [1.29, 1.82) is 0 Å². The number of carbonyl (C=O) groups is 2. The van der Waals surface area contributed by atoms with Gasteiger partial charge in [-0.1, -0.05) is 30.2 Å². The highest BCUT2D eigenvalue weighted by Gasteiger charge is 2.61. The molecule has 0 atom stereocenters. The summed E-state index contributed by atoms with van der Waals surface area (Å²) in [4.78, 5) is 25.2. The van der Waals surface area contributed by atoms with Crippen LogP contribution in [0.15, 0.2) is 47.0 Å². The second-order valence-corrected chi connectivity index (χ2v) is 15.2. The number of nitrogens with one attached hydrogen (secondary N) is 3. The van der Waals surface area contributed by atoms with Gasteiger partial charge < -0.3 is 19.9 Å². The van der Waals surface area contributed by atoms with Crippen molar-refractivity contribution in [2.75, 3.05) is 29.3 Å². The van der Waals surface area contributed by atoms with Crippen LogP contribution in [0.5, 0.6) is 5.88 Å². The van der Waals surface area contributed by atoms with E-state index >= 15 is 0 Å². The van der Waals surface area contributed by atoms with Crippen molar-refractivity contribution >= 4 is 39.2 Å². The smallest absolute Gasteiger partial charge is 0.324 e. The summed E-state index contributed by atoms with van der Waals surface area (Å²) in [5, 5.41) is 20.1. The average Bonchev–Trinajstić information content (AvgIpc) is 3.37. The molecule has 3 amide bonds. The Morgan fingerprint density at radius 2 is 1.51 bits per heavy atom. The molecule has 0 saturated carbocycles. The number of quaternary nitrogens is 1. The van der Waals surface area contributed by atoms with Gasteiger partial charge in [0, 0.05) is 41.8 Å². The standard InChI is InChI=1S/C30H41N7O7S/c1-28(2,3)23-16-24(36-43-23)33-27(39)32-20-12-10-19(11-13-20)31-26(38)22-14-15-25(35-34-22)42-21-17-29(4,5)37(8,30(6,7)18-21)44-45(9,40)41/h10-16,21H,17-18H2,1-9H3,(H2-,31,32,33,34,35,36,38,39)/p+1. The van der Waals surface area contributed by atoms with E-state index in [1.54, 1.807) is 43.4 Å². The summed E-state index contributed by atoms with van der Waals surface area (Å²) >= 11 is 0. The molecule has 3 N–H and O–H groups in total. The number of amides is 3. The highest BCUT2D eigenvalue weighted by Crippen LogP contribution is 2.46. The first-order valence-electron chi connectivity index (χ1n) is 14.4. The summed E-state index contributed by atoms with van der Waals surface area (Å²) in [6, 6.07) is 10.8. The molecule has 2 aromatic heterocycles. The van der Waals surface area contributed by atoms with Gasteiger partial charge >= 0.3 is 16.1 Å². The third-order valence-corrected chi connectivity index (χ3v) is 8.67. The molecular weight excluding hydrogens is 602 g/mol. The quantitative estimate of drug-likeness (QED) is 0.280. The van der Waals surface area contributed by atoms with Crippen molar-refractivity contribution < 1.29 is 36.2 Å². The number of rotatable bonds is 8. The van der Waals surface area contributed by atoms with Crippen molar-refractivity contribution in [2.24, 2.45) is 0 Å². The Bertz CT molecular complexity index is 1630. The number of aromatic nitrogens is 3. The van der Waals surface area contributed by atoms with Gasteiger partial charge in [-0.15, -0.1) is 10.2 Å². The summed E-state index contributed by atoms with van der Waals surface area (Å²) in [6.07, 6.45) is 1.76. The maximum atomic E-state index is 12.8. The Kier molecular flexibility index (Phi) is 9.03. The SMILES string of the molecule is CC(C)(C)c1cc(NC(=O)Nc2ccc(NC(=O)c3ccc(OC4CC(C)(C)[N+](C)(OS(C)(=O)=O)C(C)(C)C4)nn3)cc2)no1. The molecule has 1 aliphatic heterocycles. The zero-order chi connectivity index (χ0) is 33.4. The second-order valence-electron chi connectivity index (χ2n) is 13.7. The molecule has 15 heteroatoms. The Balaban J connectivity index is 1.32. The molecular formula is C30H42N7O7S+. The van der Waals surface area contributed by atoms with Crippen LogP contribution in [-0.4, -0.2) is 70.8 Å². The predicted octanol–water partition coefficient (Wildman–Crippen LogP) is 5.09. The fraction of sp³-hybridized carbons (Fsp3) is 0.500. The number of carbonyl (C=O) groups excluding carboxylic acids is 2. The second kappa shape index (κ2) is 12.0. The van der Waals surface area contributed by atoms with Crippen LogP contribution in [0.3, 0.4) is 0 Å². The summed E-state index contributed by atoms with van der Waals surface area (Å²) in [5.41, 5.74) is -0.375. The normalized spacial score (nSPS) is 21.0. The van der Waals surface area contributed by atoms with Gasteiger partial charge in [-0.3, -0.25) is 10.1 Å². The number of benzene rings is 1. The first-order valence-corrected chi connectivity index (χ1v) is 16.2. The minimum atomic E-state index is -3.71. The molecule has 0 unspecified atom stereocenters. The van der Waals surface area contributed by atoms with Gasteiger partial charge in [0.25, 0.3) is 5.91 Å². The molecule has 0 bridgehead atoms. The highest BCUT2D eigenvalue weighted by atomic mass is 32.2. The molecule has 0 radical (unpaired) electrons. The van der Waals surface area contributed by atoms with Crippen LogP contribution >= 0.6 is 0 Å². The maximum Gasteiger partial charge on any atom is 0.324 e. The van der Waals surface area contributed by atoms with Crippen LogP contribution in [0, 0.1) is 0 Å². The number of anilines is 3. The Morgan fingerprint density at radius 3 is 2.00 bits per heavy atom. The number of ether oxygens (including phenoxy) is 1. The van der Waals surface area contributed by atoms with Crippen molar-refractivity contribution in [1.82, 2.24) is 15.4 Å². The minimum absolute atomic E-state index is 0.0845. The maximum absolute atomic E-state index is 12.8. The van der Waals surface area contributed by atoms with Crippen molar-refractivity contribution in [3.8, 4) is 5.88 Å². The number of likely N-dealkylation sites (tertiary alicyclic amines) is 1. The summed E-state index contributed by atoms with van der Waals surface area (Å²) < 4.78 is 41.0. The van der Waals surface area contributed by atoms with Crippen LogP contribution < -0.4 is 20.7 Å². The lowest BCUT2D eigenvalue weighted by Gasteiger charge is -2.56. The van der Waals surface area contributed by atoms with Gasteiger partial charge in [0.05, 0.1) is 6.26 Å². The Labute approximate surface area is 263 Å². The monoisotopic (exact) mass is 644 g/mol. The molecule has 1 aliphatic rings. The van der Waals surface area contributed by atoms with Crippen LogP contribution in [0.1, 0.15) is 77.6 Å². The predicted molar refractivity (Wildman–Crippen MR) is 168 cm³/mol. The highest BCUT2D eigenvalue weighted by molar-refractivity contribution is 7.85. The van der Waals surface area contributed by atoms with E-state index in [0.717, 1.165) is 6.26 Å². The van der Waals surface area contributed by atoms with E-state index in [9.17, 15) is 18.0 Å². The number of hydrogen-bond acceptors (Lipinski definition) is 10.